The molecule has 0 aliphatic heterocycles. The first kappa shape index (κ1) is 15.2. The van der Waals surface area contributed by atoms with Gasteiger partial charge in [0.1, 0.15) is 0 Å². The van der Waals surface area contributed by atoms with E-state index in [1.807, 2.05) is 30.3 Å². The molecule has 0 amide bonds. The van der Waals surface area contributed by atoms with Gasteiger partial charge in [0.05, 0.1) is 17.1 Å². The Balaban J connectivity index is 2.01. The van der Waals surface area contributed by atoms with Crippen LogP contribution in [0.1, 0.15) is 5.56 Å². The molecule has 2 aromatic rings. The number of para-hydroxylation sites is 2. The Morgan fingerprint density at radius 2 is 1.86 bits per heavy atom. The van der Waals surface area contributed by atoms with Crippen molar-refractivity contribution in [3.8, 4) is 0 Å². The molecule has 6 heteroatoms. The highest BCUT2D eigenvalue weighted by molar-refractivity contribution is 7.57. The average molecular weight is 302 g/mol. The van der Waals surface area contributed by atoms with Crippen LogP contribution in [0.2, 0.25) is 0 Å². The second kappa shape index (κ2) is 7.53. The molecule has 0 aliphatic carbocycles. The summed E-state index contributed by atoms with van der Waals surface area (Å²) < 4.78 is 5.70. The van der Waals surface area contributed by atoms with Crippen LogP contribution in [-0.4, -0.2) is 4.92 Å². The fourth-order valence-corrected chi connectivity index (χ4v) is 2.66. The highest BCUT2D eigenvalue weighted by Crippen LogP contribution is 2.39. The molecule has 0 heterocycles. The number of nitro groups is 1. The molecule has 0 saturated heterocycles. The lowest BCUT2D eigenvalue weighted by Gasteiger charge is -2.16. The molecule has 21 heavy (non-hydrogen) atoms. The summed E-state index contributed by atoms with van der Waals surface area (Å²) >= 11 is 0. The molecule has 5 nitrogen and oxygen atoms in total. The maximum Gasteiger partial charge on any atom is 0.274 e. The first-order valence-electron chi connectivity index (χ1n) is 6.29. The standard InChI is InChI=1S/C15H15N2O3P/c1-2-21(16-14-9-4-3-5-10-14)20-12-13-8-6-7-11-15(13)17(18)19/h2-11,16H,1,12H2. The highest BCUT2D eigenvalue weighted by atomic mass is 31.2. The van der Waals surface area contributed by atoms with Gasteiger partial charge in [0, 0.05) is 11.8 Å². The van der Waals surface area contributed by atoms with E-state index in [1.54, 1.807) is 24.0 Å². The third-order valence-corrected chi connectivity index (χ3v) is 3.94. The van der Waals surface area contributed by atoms with Crippen LogP contribution in [0.4, 0.5) is 11.4 Å². The predicted molar refractivity (Wildman–Crippen MR) is 85.1 cm³/mol. The number of nitrogens with one attached hydrogen (secondary N) is 1. The zero-order valence-electron chi connectivity index (χ0n) is 11.3. The van der Waals surface area contributed by atoms with Gasteiger partial charge < -0.3 is 9.61 Å². The van der Waals surface area contributed by atoms with Crippen molar-refractivity contribution < 1.29 is 9.45 Å². The molecule has 0 aliphatic rings. The molecule has 2 rings (SSSR count). The van der Waals surface area contributed by atoms with E-state index in [9.17, 15) is 10.1 Å². The Kier molecular flexibility index (Phi) is 5.43. The van der Waals surface area contributed by atoms with Crippen LogP contribution < -0.4 is 5.09 Å². The second-order valence-corrected chi connectivity index (χ2v) is 5.64. The zero-order chi connectivity index (χ0) is 15.1. The van der Waals surface area contributed by atoms with Crippen LogP contribution in [-0.2, 0) is 11.1 Å². The SMILES string of the molecule is C=CP(Nc1ccccc1)OCc1ccccc1[N+](=O)[O-]. The van der Waals surface area contributed by atoms with E-state index in [0.717, 1.165) is 5.69 Å². The van der Waals surface area contributed by atoms with Crippen LogP contribution in [0.25, 0.3) is 0 Å². The first-order chi connectivity index (χ1) is 10.2. The fourth-order valence-electron chi connectivity index (χ4n) is 1.72. The van der Waals surface area contributed by atoms with Crippen molar-refractivity contribution in [2.75, 3.05) is 5.09 Å². The van der Waals surface area contributed by atoms with Crippen LogP contribution in [0.5, 0.6) is 0 Å². The molecule has 0 bridgehead atoms. The normalized spacial score (nSPS) is 11.6. The molecular formula is C15H15N2O3P. The topological polar surface area (TPSA) is 64.4 Å². The number of anilines is 1. The van der Waals surface area contributed by atoms with E-state index in [4.69, 9.17) is 4.52 Å². The Hall–Kier alpha value is -2.23. The molecule has 0 fully saturated rings. The summed E-state index contributed by atoms with van der Waals surface area (Å²) in [6, 6.07) is 16.2. The molecular weight excluding hydrogens is 287 g/mol. The van der Waals surface area contributed by atoms with Crippen molar-refractivity contribution in [2.24, 2.45) is 0 Å². The van der Waals surface area contributed by atoms with E-state index < -0.39 is 13.2 Å². The van der Waals surface area contributed by atoms with E-state index in [0.29, 0.717) is 5.56 Å². The van der Waals surface area contributed by atoms with E-state index in [-0.39, 0.29) is 12.3 Å². The summed E-state index contributed by atoms with van der Waals surface area (Å²) in [5, 5.41) is 14.1. The number of nitrogens with zero attached hydrogens (tertiary/aromatic N) is 1. The van der Waals surface area contributed by atoms with Crippen LogP contribution in [0.3, 0.4) is 0 Å². The lowest BCUT2D eigenvalue weighted by atomic mass is 10.2. The Morgan fingerprint density at radius 1 is 1.19 bits per heavy atom. The summed E-state index contributed by atoms with van der Waals surface area (Å²) in [6.45, 7) is 3.90. The van der Waals surface area contributed by atoms with Gasteiger partial charge in [-0.25, -0.2) is 0 Å². The zero-order valence-corrected chi connectivity index (χ0v) is 12.2. The van der Waals surface area contributed by atoms with E-state index in [2.05, 4.69) is 11.7 Å². The van der Waals surface area contributed by atoms with Gasteiger partial charge in [-0.1, -0.05) is 36.9 Å². The Morgan fingerprint density at radius 3 is 2.52 bits per heavy atom. The van der Waals surface area contributed by atoms with Gasteiger partial charge in [0.15, 0.2) is 8.30 Å². The third kappa shape index (κ3) is 4.38. The number of benzene rings is 2. The first-order valence-corrected chi connectivity index (χ1v) is 7.62. The minimum absolute atomic E-state index is 0.0659. The maximum atomic E-state index is 10.9. The van der Waals surface area contributed by atoms with Gasteiger partial charge >= 0.3 is 0 Å². The van der Waals surface area contributed by atoms with E-state index >= 15 is 0 Å². The van der Waals surface area contributed by atoms with Gasteiger partial charge in [-0.3, -0.25) is 10.1 Å². The smallest absolute Gasteiger partial charge is 0.274 e. The summed E-state index contributed by atoms with van der Waals surface area (Å²) in [6.07, 6.45) is 0. The van der Waals surface area contributed by atoms with Gasteiger partial charge in [0.2, 0.25) is 0 Å². The molecule has 1 unspecified atom stereocenters. The van der Waals surface area contributed by atoms with Gasteiger partial charge in [-0.05, 0) is 24.0 Å². The number of nitro benzene ring substituents is 1. The largest absolute Gasteiger partial charge is 0.339 e. The molecule has 0 aromatic heterocycles. The van der Waals surface area contributed by atoms with Crippen molar-refractivity contribution >= 4 is 19.7 Å². The average Bonchev–Trinajstić information content (AvgIpc) is 2.52. The van der Waals surface area contributed by atoms with Crippen molar-refractivity contribution in [3.63, 3.8) is 0 Å². The Labute approximate surface area is 124 Å². The second-order valence-electron chi connectivity index (χ2n) is 4.15. The predicted octanol–water partition coefficient (Wildman–Crippen LogP) is 4.68. The van der Waals surface area contributed by atoms with E-state index in [1.165, 1.54) is 6.07 Å². The minimum Gasteiger partial charge on any atom is -0.339 e. The number of rotatable bonds is 7. The monoisotopic (exact) mass is 302 g/mol. The molecule has 0 spiro atoms. The van der Waals surface area contributed by atoms with Crippen LogP contribution in [0.15, 0.2) is 67.0 Å². The molecule has 0 saturated carbocycles. The summed E-state index contributed by atoms with van der Waals surface area (Å²) in [7, 11) is -1.10. The molecule has 0 radical (unpaired) electrons. The molecule has 108 valence electrons. The molecule has 1 atom stereocenters. The lowest BCUT2D eigenvalue weighted by molar-refractivity contribution is -0.385. The summed E-state index contributed by atoms with van der Waals surface area (Å²) in [5.74, 6) is 1.68. The molecule has 1 N–H and O–H groups in total. The molecule has 2 aromatic carbocycles. The fraction of sp³-hybridized carbons (Fsp3) is 0.0667. The van der Waals surface area contributed by atoms with Gasteiger partial charge in [-0.2, -0.15) is 0 Å². The maximum absolute atomic E-state index is 10.9. The van der Waals surface area contributed by atoms with Crippen molar-refractivity contribution in [1.82, 2.24) is 0 Å². The summed E-state index contributed by atoms with van der Waals surface area (Å²) in [5.41, 5.74) is 1.54. The number of hydrogen-bond donors (Lipinski definition) is 1. The Bertz CT molecular complexity index is 619. The van der Waals surface area contributed by atoms with Crippen LogP contribution >= 0.6 is 8.30 Å². The van der Waals surface area contributed by atoms with Gasteiger partial charge in [-0.15, -0.1) is 0 Å². The highest BCUT2D eigenvalue weighted by Gasteiger charge is 2.14. The summed E-state index contributed by atoms with van der Waals surface area (Å²) in [4.78, 5) is 10.5. The van der Waals surface area contributed by atoms with Crippen molar-refractivity contribution in [2.45, 2.75) is 6.61 Å². The van der Waals surface area contributed by atoms with Gasteiger partial charge in [0.25, 0.3) is 5.69 Å². The third-order valence-electron chi connectivity index (χ3n) is 2.73. The minimum atomic E-state index is -1.10. The number of hydrogen-bond acceptors (Lipinski definition) is 4. The lowest BCUT2D eigenvalue weighted by Crippen LogP contribution is -1.99. The quantitative estimate of drug-likeness (QED) is 0.458. The van der Waals surface area contributed by atoms with Crippen molar-refractivity contribution in [3.05, 3.63) is 82.7 Å². The van der Waals surface area contributed by atoms with Crippen molar-refractivity contribution in [1.29, 1.82) is 0 Å². The van der Waals surface area contributed by atoms with Crippen LogP contribution in [0, 0.1) is 10.1 Å².